The Kier molecular flexibility index (Phi) is 4.44. The van der Waals surface area contributed by atoms with E-state index in [0.29, 0.717) is 5.54 Å². The van der Waals surface area contributed by atoms with E-state index in [1.165, 1.54) is 58.3 Å². The minimum absolute atomic E-state index is 0.371. The minimum atomic E-state index is 0.371. The van der Waals surface area contributed by atoms with Gasteiger partial charge in [0.1, 0.15) is 0 Å². The summed E-state index contributed by atoms with van der Waals surface area (Å²) in [5.74, 6) is 0.773. The van der Waals surface area contributed by atoms with Gasteiger partial charge in [-0.3, -0.25) is 4.90 Å². The molecule has 3 heteroatoms. The number of piperidine rings is 1. The van der Waals surface area contributed by atoms with E-state index >= 15 is 0 Å². The van der Waals surface area contributed by atoms with Crippen molar-refractivity contribution in [2.75, 3.05) is 47.3 Å². The van der Waals surface area contributed by atoms with Gasteiger partial charge in [-0.15, -0.1) is 0 Å². The van der Waals surface area contributed by atoms with Crippen LogP contribution in [0.25, 0.3) is 0 Å². The van der Waals surface area contributed by atoms with Crippen LogP contribution in [0.3, 0.4) is 0 Å². The van der Waals surface area contributed by atoms with Crippen LogP contribution in [0.1, 0.15) is 49.1 Å². The summed E-state index contributed by atoms with van der Waals surface area (Å²) in [6.07, 6.45) is 6.65. The summed E-state index contributed by atoms with van der Waals surface area (Å²) in [5.41, 5.74) is 3.50. The van der Waals surface area contributed by atoms with Crippen molar-refractivity contribution in [3.05, 3.63) is 35.4 Å². The van der Waals surface area contributed by atoms with Crippen molar-refractivity contribution >= 4 is 0 Å². The summed E-state index contributed by atoms with van der Waals surface area (Å²) in [6, 6.07) is 10.5. The van der Waals surface area contributed by atoms with Crippen LogP contribution in [0.15, 0.2) is 24.3 Å². The highest BCUT2D eigenvalue weighted by Gasteiger charge is 2.51. The van der Waals surface area contributed by atoms with Crippen LogP contribution in [0.2, 0.25) is 0 Å². The number of nitrogens with zero attached hydrogens (tertiary/aromatic N) is 3. The summed E-state index contributed by atoms with van der Waals surface area (Å²) in [7, 11) is 6.70. The molecule has 2 saturated heterocycles. The van der Waals surface area contributed by atoms with Crippen LogP contribution in [-0.4, -0.2) is 68.1 Å². The van der Waals surface area contributed by atoms with E-state index < -0.39 is 0 Å². The van der Waals surface area contributed by atoms with E-state index in [-0.39, 0.29) is 0 Å². The van der Waals surface area contributed by atoms with Crippen LogP contribution in [-0.2, 0) is 5.54 Å². The predicted octanol–water partition coefficient (Wildman–Crippen LogP) is 3.12. The summed E-state index contributed by atoms with van der Waals surface area (Å²) in [6.45, 7) is 5.00. The first-order valence-electron chi connectivity index (χ1n) is 9.79. The van der Waals surface area contributed by atoms with Crippen molar-refractivity contribution < 1.29 is 0 Å². The quantitative estimate of drug-likeness (QED) is 0.841. The largest absolute Gasteiger partial charge is 0.306 e. The van der Waals surface area contributed by atoms with E-state index in [4.69, 9.17) is 0 Å². The molecule has 0 amide bonds. The van der Waals surface area contributed by atoms with Gasteiger partial charge in [0.25, 0.3) is 0 Å². The average Bonchev–Trinajstić information content (AvgIpc) is 3.24. The Morgan fingerprint density at radius 3 is 2.17 bits per heavy atom. The Bertz CT molecular complexity index is 553. The lowest BCUT2D eigenvalue weighted by molar-refractivity contribution is 0.198. The monoisotopic (exact) mass is 327 g/mol. The second kappa shape index (κ2) is 6.44. The molecule has 3 nitrogen and oxygen atoms in total. The van der Waals surface area contributed by atoms with Gasteiger partial charge < -0.3 is 9.80 Å². The molecular weight excluding hydrogens is 294 g/mol. The van der Waals surface area contributed by atoms with E-state index in [2.05, 4.69) is 60.1 Å². The molecule has 1 unspecified atom stereocenters. The fourth-order valence-corrected chi connectivity index (χ4v) is 4.87. The molecule has 3 fully saturated rings. The average molecular weight is 328 g/mol. The van der Waals surface area contributed by atoms with Gasteiger partial charge in [-0.05, 0) is 83.4 Å². The molecule has 0 radical (unpaired) electrons. The number of hydrogen-bond donors (Lipinski definition) is 0. The highest BCUT2D eigenvalue weighted by atomic mass is 15.3. The number of likely N-dealkylation sites (tertiary alicyclic amines) is 2. The normalized spacial score (nSPS) is 28.6. The van der Waals surface area contributed by atoms with Gasteiger partial charge in [0.2, 0.25) is 0 Å². The van der Waals surface area contributed by atoms with Crippen LogP contribution in [0.5, 0.6) is 0 Å². The van der Waals surface area contributed by atoms with Gasteiger partial charge in [-0.2, -0.15) is 0 Å². The first-order chi connectivity index (χ1) is 11.6. The third-order valence-corrected chi connectivity index (χ3v) is 6.86. The van der Waals surface area contributed by atoms with Crippen molar-refractivity contribution in [3.8, 4) is 0 Å². The Balaban J connectivity index is 1.45. The number of hydrogen-bond acceptors (Lipinski definition) is 3. The van der Waals surface area contributed by atoms with Crippen LogP contribution in [0, 0.1) is 0 Å². The fourth-order valence-electron chi connectivity index (χ4n) is 4.87. The number of benzene rings is 1. The molecule has 1 aromatic carbocycles. The lowest BCUT2D eigenvalue weighted by atomic mass is 9.88. The first kappa shape index (κ1) is 16.6. The fraction of sp³-hybridized carbons (Fsp3) is 0.714. The van der Waals surface area contributed by atoms with Crippen molar-refractivity contribution in [3.63, 3.8) is 0 Å². The Morgan fingerprint density at radius 1 is 0.958 bits per heavy atom. The lowest BCUT2D eigenvalue weighted by Gasteiger charge is -2.31. The molecule has 4 rings (SSSR count). The number of rotatable bonds is 4. The van der Waals surface area contributed by atoms with Gasteiger partial charge >= 0.3 is 0 Å². The number of likely N-dealkylation sites (N-methyl/N-ethyl adjacent to an activating group) is 1. The topological polar surface area (TPSA) is 9.72 Å². The molecule has 2 heterocycles. The smallest absolute Gasteiger partial charge is 0.0462 e. The van der Waals surface area contributed by atoms with Crippen molar-refractivity contribution in [2.45, 2.75) is 49.6 Å². The van der Waals surface area contributed by atoms with Crippen molar-refractivity contribution in [1.82, 2.24) is 14.7 Å². The second-order valence-corrected chi connectivity index (χ2v) is 8.58. The Hall–Kier alpha value is -0.900. The van der Waals surface area contributed by atoms with Gasteiger partial charge in [0.15, 0.2) is 0 Å². The highest BCUT2D eigenvalue weighted by molar-refractivity contribution is 5.35. The lowest BCUT2D eigenvalue weighted by Crippen LogP contribution is -2.37. The van der Waals surface area contributed by atoms with Gasteiger partial charge in [0, 0.05) is 24.7 Å². The van der Waals surface area contributed by atoms with Gasteiger partial charge in [-0.1, -0.05) is 24.3 Å². The van der Waals surface area contributed by atoms with E-state index in [1.54, 1.807) is 11.1 Å². The van der Waals surface area contributed by atoms with E-state index in [0.717, 1.165) is 12.0 Å². The molecule has 0 bridgehead atoms. The maximum atomic E-state index is 2.77. The zero-order valence-corrected chi connectivity index (χ0v) is 15.7. The SMILES string of the molecule is CN1CCC(c2ccc(C3(N4CCC(N(C)C)C4)CC3)cc2)CC1. The molecule has 0 spiro atoms. The molecular formula is C21H33N3. The molecule has 1 saturated carbocycles. The molecule has 1 aromatic rings. The molecule has 132 valence electrons. The molecule has 1 aliphatic carbocycles. The Labute approximate surface area is 147 Å². The third kappa shape index (κ3) is 3.02. The summed E-state index contributed by atoms with van der Waals surface area (Å²) in [5, 5.41) is 0. The van der Waals surface area contributed by atoms with Crippen molar-refractivity contribution in [1.29, 1.82) is 0 Å². The molecule has 3 aliphatic rings. The predicted molar refractivity (Wildman–Crippen MR) is 100 cm³/mol. The zero-order valence-electron chi connectivity index (χ0n) is 15.7. The van der Waals surface area contributed by atoms with E-state index in [1.807, 2.05) is 0 Å². The third-order valence-electron chi connectivity index (χ3n) is 6.86. The highest BCUT2D eigenvalue weighted by Crippen LogP contribution is 2.52. The maximum Gasteiger partial charge on any atom is 0.0462 e. The minimum Gasteiger partial charge on any atom is -0.306 e. The molecule has 0 aromatic heterocycles. The second-order valence-electron chi connectivity index (χ2n) is 8.58. The molecule has 1 atom stereocenters. The Morgan fingerprint density at radius 2 is 1.62 bits per heavy atom. The summed E-state index contributed by atoms with van der Waals surface area (Å²) >= 11 is 0. The van der Waals surface area contributed by atoms with Crippen LogP contribution in [0.4, 0.5) is 0 Å². The van der Waals surface area contributed by atoms with E-state index in [9.17, 15) is 0 Å². The molecule has 24 heavy (non-hydrogen) atoms. The van der Waals surface area contributed by atoms with Gasteiger partial charge in [0.05, 0.1) is 0 Å². The molecule has 2 aliphatic heterocycles. The standard InChI is InChI=1S/C21H33N3/c1-22(2)20-10-15-24(16-20)21(11-12-21)19-6-4-17(5-7-19)18-8-13-23(3)14-9-18/h4-7,18,20H,8-16H2,1-3H3. The first-order valence-corrected chi connectivity index (χ1v) is 9.79. The van der Waals surface area contributed by atoms with Gasteiger partial charge in [-0.25, -0.2) is 0 Å². The summed E-state index contributed by atoms with van der Waals surface area (Å²) < 4.78 is 0. The van der Waals surface area contributed by atoms with Crippen LogP contribution >= 0.6 is 0 Å². The van der Waals surface area contributed by atoms with Crippen molar-refractivity contribution in [2.24, 2.45) is 0 Å². The zero-order chi connectivity index (χ0) is 16.7. The maximum absolute atomic E-state index is 2.77. The van der Waals surface area contributed by atoms with Crippen LogP contribution < -0.4 is 0 Å². The summed E-state index contributed by atoms with van der Waals surface area (Å²) in [4.78, 5) is 7.63. The molecule has 0 N–H and O–H groups in total.